The van der Waals surface area contributed by atoms with Gasteiger partial charge in [-0.2, -0.15) is 0 Å². The molecule has 0 unspecified atom stereocenters. The fraction of sp³-hybridized carbons (Fsp3) is 0.938. The van der Waals surface area contributed by atoms with E-state index in [0.29, 0.717) is 25.8 Å². The van der Waals surface area contributed by atoms with E-state index in [9.17, 15) is 4.79 Å². The van der Waals surface area contributed by atoms with Crippen LogP contribution in [-0.4, -0.2) is 45.5 Å². The van der Waals surface area contributed by atoms with E-state index < -0.39 is 0 Å². The van der Waals surface area contributed by atoms with Gasteiger partial charge in [0.1, 0.15) is 6.61 Å². The number of ether oxygens (including phenoxy) is 2. The van der Waals surface area contributed by atoms with E-state index in [-0.39, 0.29) is 12.5 Å². The number of carbonyl (C=O) groups excluding carboxylic acids is 1. The van der Waals surface area contributed by atoms with Gasteiger partial charge < -0.3 is 14.8 Å². The van der Waals surface area contributed by atoms with Crippen molar-refractivity contribution in [2.75, 3.05) is 39.6 Å². The van der Waals surface area contributed by atoms with Gasteiger partial charge in [-0.25, -0.2) is 0 Å². The van der Waals surface area contributed by atoms with Crippen molar-refractivity contribution >= 4 is 5.91 Å². The van der Waals surface area contributed by atoms with Crippen LogP contribution in [0.2, 0.25) is 0 Å². The molecule has 0 saturated carbocycles. The summed E-state index contributed by atoms with van der Waals surface area (Å²) in [5, 5.41) is 5.89. The van der Waals surface area contributed by atoms with E-state index in [0.717, 1.165) is 25.5 Å². The Morgan fingerprint density at radius 1 is 0.952 bits per heavy atom. The highest BCUT2D eigenvalue weighted by molar-refractivity contribution is 5.77. The maximum Gasteiger partial charge on any atom is 0.246 e. The highest BCUT2D eigenvalue weighted by Crippen LogP contribution is 2.05. The fourth-order valence-corrected chi connectivity index (χ4v) is 1.71. The normalized spacial score (nSPS) is 11.3. The average molecular weight is 302 g/mol. The minimum atomic E-state index is -0.0943. The maximum atomic E-state index is 11.4. The summed E-state index contributed by atoms with van der Waals surface area (Å²) in [6, 6.07) is 0. The predicted molar refractivity (Wildman–Crippen MR) is 86.2 cm³/mol. The van der Waals surface area contributed by atoms with Crippen molar-refractivity contribution in [2.45, 2.75) is 47.0 Å². The summed E-state index contributed by atoms with van der Waals surface area (Å²) in [7, 11) is 0. The van der Waals surface area contributed by atoms with Gasteiger partial charge >= 0.3 is 0 Å². The minimum Gasteiger partial charge on any atom is -0.379 e. The summed E-state index contributed by atoms with van der Waals surface area (Å²) in [4.78, 5) is 11.4. The number of amides is 1. The van der Waals surface area contributed by atoms with Crippen LogP contribution in [0.5, 0.6) is 0 Å². The molecular weight excluding hydrogens is 268 g/mol. The van der Waals surface area contributed by atoms with Crippen molar-refractivity contribution in [2.24, 2.45) is 11.8 Å². The van der Waals surface area contributed by atoms with E-state index in [2.05, 4.69) is 38.3 Å². The molecular formula is C16H34N2O3. The monoisotopic (exact) mass is 302 g/mol. The van der Waals surface area contributed by atoms with Gasteiger partial charge in [0, 0.05) is 6.61 Å². The first-order valence-corrected chi connectivity index (χ1v) is 8.15. The Hall–Kier alpha value is -0.650. The Morgan fingerprint density at radius 3 is 2.33 bits per heavy atom. The Bertz CT molecular complexity index is 246. The SMILES string of the molecule is CC(C)CCCCOCCOCC(=O)NCNCC(C)C. The van der Waals surface area contributed by atoms with Gasteiger partial charge in [0.05, 0.1) is 19.9 Å². The average Bonchev–Trinajstić information content (AvgIpc) is 2.41. The maximum absolute atomic E-state index is 11.4. The van der Waals surface area contributed by atoms with Crippen molar-refractivity contribution in [1.82, 2.24) is 10.6 Å². The molecule has 0 radical (unpaired) electrons. The zero-order valence-corrected chi connectivity index (χ0v) is 14.2. The van der Waals surface area contributed by atoms with Crippen LogP contribution in [0.4, 0.5) is 0 Å². The molecule has 126 valence electrons. The standard InChI is InChI=1S/C16H34N2O3/c1-14(2)7-5-6-8-20-9-10-21-12-16(19)18-13-17-11-15(3)4/h14-15,17H,5-13H2,1-4H3,(H,18,19). The number of nitrogens with one attached hydrogen (secondary N) is 2. The number of hydrogen-bond acceptors (Lipinski definition) is 4. The van der Waals surface area contributed by atoms with E-state index in [1.54, 1.807) is 0 Å². The fourth-order valence-electron chi connectivity index (χ4n) is 1.71. The summed E-state index contributed by atoms with van der Waals surface area (Å²) < 4.78 is 10.7. The van der Waals surface area contributed by atoms with E-state index >= 15 is 0 Å². The number of hydrogen-bond donors (Lipinski definition) is 2. The summed E-state index contributed by atoms with van der Waals surface area (Å²) in [6.07, 6.45) is 3.56. The first-order valence-electron chi connectivity index (χ1n) is 8.15. The van der Waals surface area contributed by atoms with Crippen LogP contribution >= 0.6 is 0 Å². The van der Waals surface area contributed by atoms with Crippen molar-refractivity contribution in [3.63, 3.8) is 0 Å². The molecule has 0 aliphatic heterocycles. The third-order valence-electron chi connectivity index (χ3n) is 2.89. The van der Waals surface area contributed by atoms with Crippen molar-refractivity contribution in [1.29, 1.82) is 0 Å². The van der Waals surface area contributed by atoms with Gasteiger partial charge in [0.15, 0.2) is 0 Å². The molecule has 0 rings (SSSR count). The largest absolute Gasteiger partial charge is 0.379 e. The van der Waals surface area contributed by atoms with Crippen LogP contribution in [0.3, 0.4) is 0 Å². The van der Waals surface area contributed by atoms with E-state index in [1.165, 1.54) is 12.8 Å². The third-order valence-corrected chi connectivity index (χ3v) is 2.89. The lowest BCUT2D eigenvalue weighted by Crippen LogP contribution is -2.37. The summed E-state index contributed by atoms with van der Waals surface area (Å²) in [5.74, 6) is 1.25. The molecule has 0 bridgehead atoms. The van der Waals surface area contributed by atoms with Crippen LogP contribution in [0.1, 0.15) is 47.0 Å². The van der Waals surface area contributed by atoms with Gasteiger partial charge in [0.25, 0.3) is 0 Å². The van der Waals surface area contributed by atoms with Crippen molar-refractivity contribution in [3.05, 3.63) is 0 Å². The minimum absolute atomic E-state index is 0.0943. The Kier molecular flexibility index (Phi) is 13.9. The highest BCUT2D eigenvalue weighted by atomic mass is 16.5. The van der Waals surface area contributed by atoms with Gasteiger partial charge in [0.2, 0.25) is 5.91 Å². The van der Waals surface area contributed by atoms with Gasteiger partial charge in [-0.1, -0.05) is 40.5 Å². The molecule has 0 saturated heterocycles. The molecule has 0 aromatic heterocycles. The van der Waals surface area contributed by atoms with Gasteiger partial charge in [-0.3, -0.25) is 10.1 Å². The Balaban J connectivity index is 3.18. The van der Waals surface area contributed by atoms with Crippen LogP contribution in [-0.2, 0) is 14.3 Å². The number of unbranched alkanes of at least 4 members (excludes halogenated alkanes) is 1. The number of carbonyl (C=O) groups is 1. The second-order valence-electron chi connectivity index (χ2n) is 6.18. The Labute approximate surface area is 130 Å². The summed E-state index contributed by atoms with van der Waals surface area (Å²) in [6.45, 7) is 12.0. The molecule has 0 aromatic carbocycles. The van der Waals surface area contributed by atoms with E-state index in [1.807, 2.05) is 0 Å². The van der Waals surface area contributed by atoms with Gasteiger partial charge in [-0.15, -0.1) is 0 Å². The smallest absolute Gasteiger partial charge is 0.246 e. The Morgan fingerprint density at radius 2 is 1.67 bits per heavy atom. The highest BCUT2D eigenvalue weighted by Gasteiger charge is 2.00. The van der Waals surface area contributed by atoms with E-state index in [4.69, 9.17) is 9.47 Å². The predicted octanol–water partition coefficient (Wildman–Crippen LogP) is 2.17. The lowest BCUT2D eigenvalue weighted by atomic mass is 10.1. The molecule has 0 aromatic rings. The quantitative estimate of drug-likeness (QED) is 0.381. The summed E-state index contributed by atoms with van der Waals surface area (Å²) in [5.41, 5.74) is 0. The molecule has 21 heavy (non-hydrogen) atoms. The molecule has 1 amide bonds. The van der Waals surface area contributed by atoms with Crippen LogP contribution < -0.4 is 10.6 Å². The topological polar surface area (TPSA) is 59.6 Å². The molecule has 5 heteroatoms. The van der Waals surface area contributed by atoms with Crippen molar-refractivity contribution in [3.8, 4) is 0 Å². The van der Waals surface area contributed by atoms with Gasteiger partial charge in [-0.05, 0) is 24.8 Å². The molecule has 0 atom stereocenters. The lowest BCUT2D eigenvalue weighted by molar-refractivity contribution is -0.126. The summed E-state index contributed by atoms with van der Waals surface area (Å²) >= 11 is 0. The third kappa shape index (κ3) is 17.3. The molecule has 0 fully saturated rings. The second-order valence-corrected chi connectivity index (χ2v) is 6.18. The first kappa shape index (κ1) is 20.3. The van der Waals surface area contributed by atoms with Crippen molar-refractivity contribution < 1.29 is 14.3 Å². The first-order chi connectivity index (χ1) is 10.0. The van der Waals surface area contributed by atoms with Crippen LogP contribution in [0.15, 0.2) is 0 Å². The zero-order chi connectivity index (χ0) is 15.9. The molecule has 0 aliphatic rings. The molecule has 0 heterocycles. The molecule has 5 nitrogen and oxygen atoms in total. The lowest BCUT2D eigenvalue weighted by Gasteiger charge is -2.09. The zero-order valence-electron chi connectivity index (χ0n) is 14.2. The number of rotatable bonds is 14. The van der Waals surface area contributed by atoms with Crippen LogP contribution in [0, 0.1) is 11.8 Å². The second kappa shape index (κ2) is 14.3. The molecule has 0 spiro atoms. The molecule has 0 aliphatic carbocycles. The molecule has 2 N–H and O–H groups in total. The van der Waals surface area contributed by atoms with Crippen LogP contribution in [0.25, 0.3) is 0 Å².